The number of amides is 2. The lowest BCUT2D eigenvalue weighted by Crippen LogP contribution is -2.42. The summed E-state index contributed by atoms with van der Waals surface area (Å²) in [6.07, 6.45) is -2.72. The van der Waals surface area contributed by atoms with Crippen molar-refractivity contribution in [3.63, 3.8) is 0 Å². The summed E-state index contributed by atoms with van der Waals surface area (Å²) in [5, 5.41) is 11.6. The topological polar surface area (TPSA) is 86.7 Å². The summed E-state index contributed by atoms with van der Waals surface area (Å²) in [5.74, 6) is -3.13. The number of carbonyl (C=O) groups excluding carboxylic acids is 2. The molecule has 0 unspecified atom stereocenters. The molecule has 2 N–H and O–H groups in total. The molecule has 130 valence electrons. The molecule has 1 aliphatic carbocycles. The van der Waals surface area contributed by atoms with E-state index in [1.807, 2.05) is 0 Å². The van der Waals surface area contributed by atoms with Gasteiger partial charge < -0.3 is 15.3 Å². The first kappa shape index (κ1) is 17.6. The van der Waals surface area contributed by atoms with Gasteiger partial charge in [0, 0.05) is 19.0 Å². The Morgan fingerprint density at radius 3 is 2.30 bits per heavy atom. The quantitative estimate of drug-likeness (QED) is 0.806. The molecule has 0 spiro atoms. The van der Waals surface area contributed by atoms with Gasteiger partial charge in [0.2, 0.25) is 11.8 Å². The molecule has 2 aliphatic rings. The number of aliphatic carboxylic acids is 1. The number of halogens is 3. The Kier molecular flexibility index (Phi) is 5.16. The van der Waals surface area contributed by atoms with Gasteiger partial charge in [-0.1, -0.05) is 0 Å². The predicted octanol–water partition coefficient (Wildman–Crippen LogP) is 1.16. The summed E-state index contributed by atoms with van der Waals surface area (Å²) in [6.45, 7) is -1.56. The highest BCUT2D eigenvalue weighted by molar-refractivity contribution is 5.89. The van der Waals surface area contributed by atoms with E-state index in [2.05, 4.69) is 5.32 Å². The minimum Gasteiger partial charge on any atom is -0.481 e. The normalized spacial score (nSPS) is 28.7. The highest BCUT2D eigenvalue weighted by Gasteiger charge is 2.41. The first-order chi connectivity index (χ1) is 10.7. The van der Waals surface area contributed by atoms with Gasteiger partial charge >= 0.3 is 12.1 Å². The molecule has 2 fully saturated rings. The average Bonchev–Trinajstić information content (AvgIpc) is 2.79. The molecular formula is C14H19F3N2O4. The maximum atomic E-state index is 12.3. The fraction of sp³-hybridized carbons (Fsp3) is 0.786. The van der Waals surface area contributed by atoms with E-state index in [0.717, 1.165) is 0 Å². The molecule has 1 saturated heterocycles. The third kappa shape index (κ3) is 4.84. The Bertz CT molecular complexity index is 487. The van der Waals surface area contributed by atoms with Crippen LogP contribution in [0.3, 0.4) is 0 Å². The highest BCUT2D eigenvalue weighted by Crippen LogP contribution is 2.27. The molecule has 0 radical (unpaired) electrons. The van der Waals surface area contributed by atoms with Gasteiger partial charge in [-0.3, -0.25) is 14.4 Å². The minimum atomic E-state index is -4.48. The van der Waals surface area contributed by atoms with Crippen molar-refractivity contribution < 1.29 is 32.7 Å². The van der Waals surface area contributed by atoms with Crippen LogP contribution >= 0.6 is 0 Å². The summed E-state index contributed by atoms with van der Waals surface area (Å²) in [5.41, 5.74) is 0. The summed E-state index contributed by atoms with van der Waals surface area (Å²) in [4.78, 5) is 35.2. The molecule has 23 heavy (non-hydrogen) atoms. The number of carbonyl (C=O) groups is 3. The number of nitrogens with zero attached hydrogens (tertiary/aromatic N) is 1. The van der Waals surface area contributed by atoms with Crippen LogP contribution in [0.15, 0.2) is 0 Å². The number of nitrogens with one attached hydrogen (secondary N) is 1. The van der Waals surface area contributed by atoms with Crippen molar-refractivity contribution in [3.8, 4) is 0 Å². The molecule has 0 aromatic carbocycles. The van der Waals surface area contributed by atoms with E-state index in [9.17, 15) is 27.6 Å². The Labute approximate surface area is 131 Å². The van der Waals surface area contributed by atoms with E-state index in [0.29, 0.717) is 30.6 Å². The second-order valence-corrected chi connectivity index (χ2v) is 6.19. The van der Waals surface area contributed by atoms with E-state index < -0.39 is 42.3 Å². The van der Waals surface area contributed by atoms with Crippen LogP contribution in [0.25, 0.3) is 0 Å². The van der Waals surface area contributed by atoms with E-state index in [4.69, 9.17) is 5.11 Å². The van der Waals surface area contributed by atoms with Crippen LogP contribution in [0, 0.1) is 11.8 Å². The van der Waals surface area contributed by atoms with Crippen molar-refractivity contribution in [3.05, 3.63) is 0 Å². The Morgan fingerprint density at radius 1 is 1.17 bits per heavy atom. The molecule has 1 aliphatic heterocycles. The molecule has 1 saturated carbocycles. The lowest BCUT2D eigenvalue weighted by Gasteiger charge is -2.27. The fourth-order valence-corrected chi connectivity index (χ4v) is 3.12. The zero-order valence-electron chi connectivity index (χ0n) is 12.4. The minimum absolute atomic E-state index is 0.176. The van der Waals surface area contributed by atoms with Crippen LogP contribution in [-0.2, 0) is 14.4 Å². The van der Waals surface area contributed by atoms with Crippen molar-refractivity contribution in [2.45, 2.75) is 44.3 Å². The van der Waals surface area contributed by atoms with Gasteiger partial charge in [-0.25, -0.2) is 0 Å². The maximum Gasteiger partial charge on any atom is 0.406 e. The third-order valence-corrected chi connectivity index (χ3v) is 4.38. The van der Waals surface area contributed by atoms with Gasteiger partial charge in [-0.2, -0.15) is 13.2 Å². The summed E-state index contributed by atoms with van der Waals surface area (Å²) in [6, 6.07) is -0.176. The first-order valence-electron chi connectivity index (χ1n) is 7.53. The number of likely N-dealkylation sites (tertiary alicyclic amines) is 1. The molecule has 6 nitrogen and oxygen atoms in total. The molecule has 0 aromatic rings. The first-order valence-corrected chi connectivity index (χ1v) is 7.53. The van der Waals surface area contributed by atoms with Crippen LogP contribution in [0.2, 0.25) is 0 Å². The van der Waals surface area contributed by atoms with Gasteiger partial charge in [-0.15, -0.1) is 0 Å². The lowest BCUT2D eigenvalue weighted by molar-refractivity contribution is -0.157. The smallest absolute Gasteiger partial charge is 0.406 e. The lowest BCUT2D eigenvalue weighted by atomic mass is 9.86. The molecule has 1 atom stereocenters. The Morgan fingerprint density at radius 2 is 1.78 bits per heavy atom. The third-order valence-electron chi connectivity index (χ3n) is 4.38. The van der Waals surface area contributed by atoms with Gasteiger partial charge in [0.1, 0.15) is 6.54 Å². The van der Waals surface area contributed by atoms with Gasteiger partial charge in [0.05, 0.1) is 11.8 Å². The highest BCUT2D eigenvalue weighted by atomic mass is 19.4. The number of carboxylic acids is 1. The molecule has 0 aromatic heterocycles. The van der Waals surface area contributed by atoms with Crippen LogP contribution < -0.4 is 5.32 Å². The zero-order valence-corrected chi connectivity index (χ0v) is 12.4. The second kappa shape index (κ2) is 6.76. The maximum absolute atomic E-state index is 12.3. The van der Waals surface area contributed by atoms with Gasteiger partial charge in [-0.05, 0) is 25.7 Å². The van der Waals surface area contributed by atoms with E-state index in [-0.39, 0.29) is 19.0 Å². The van der Waals surface area contributed by atoms with Crippen molar-refractivity contribution in [2.24, 2.45) is 11.8 Å². The SMILES string of the molecule is O=C(O)C1CCC(NC(=O)[C@@H]2CC(=O)N(CC(F)(F)F)C2)CC1. The summed E-state index contributed by atoms with van der Waals surface area (Å²) >= 11 is 0. The van der Waals surface area contributed by atoms with Gasteiger partial charge in [0.25, 0.3) is 0 Å². The second-order valence-electron chi connectivity index (χ2n) is 6.19. The van der Waals surface area contributed by atoms with Crippen molar-refractivity contribution in [2.75, 3.05) is 13.1 Å². The van der Waals surface area contributed by atoms with Crippen molar-refractivity contribution in [1.29, 1.82) is 0 Å². The standard InChI is InChI=1S/C14H19F3N2O4/c15-14(16,17)7-19-6-9(5-11(19)20)12(21)18-10-3-1-8(2-4-10)13(22)23/h8-10H,1-7H2,(H,18,21)(H,22,23)/t8?,9-,10?/m1/s1. The molecule has 0 bridgehead atoms. The Balaban J connectivity index is 1.81. The molecule has 9 heteroatoms. The van der Waals surface area contributed by atoms with Crippen molar-refractivity contribution >= 4 is 17.8 Å². The molecular weight excluding hydrogens is 317 g/mol. The van der Waals surface area contributed by atoms with Crippen LogP contribution in [-0.4, -0.2) is 53.1 Å². The van der Waals surface area contributed by atoms with E-state index >= 15 is 0 Å². The largest absolute Gasteiger partial charge is 0.481 e. The average molecular weight is 336 g/mol. The Hall–Kier alpha value is -1.80. The number of hydrogen-bond donors (Lipinski definition) is 2. The van der Waals surface area contributed by atoms with Gasteiger partial charge in [0.15, 0.2) is 0 Å². The monoisotopic (exact) mass is 336 g/mol. The molecule has 1 heterocycles. The summed E-state index contributed by atoms with van der Waals surface area (Å²) < 4.78 is 37.0. The van der Waals surface area contributed by atoms with Crippen LogP contribution in [0.4, 0.5) is 13.2 Å². The number of rotatable bonds is 4. The number of alkyl halides is 3. The zero-order chi connectivity index (χ0) is 17.2. The number of carboxylic acid groups (broad SMARTS) is 1. The molecule has 2 amide bonds. The van der Waals surface area contributed by atoms with E-state index in [1.165, 1.54) is 0 Å². The molecule has 2 rings (SSSR count). The number of hydrogen-bond acceptors (Lipinski definition) is 3. The van der Waals surface area contributed by atoms with Crippen LogP contribution in [0.5, 0.6) is 0 Å². The van der Waals surface area contributed by atoms with E-state index in [1.54, 1.807) is 0 Å². The van der Waals surface area contributed by atoms with Crippen LogP contribution in [0.1, 0.15) is 32.1 Å². The fourth-order valence-electron chi connectivity index (χ4n) is 3.12. The predicted molar refractivity (Wildman–Crippen MR) is 72.3 cm³/mol. The summed E-state index contributed by atoms with van der Waals surface area (Å²) in [7, 11) is 0. The van der Waals surface area contributed by atoms with Crippen molar-refractivity contribution in [1.82, 2.24) is 10.2 Å².